The van der Waals surface area contributed by atoms with E-state index in [2.05, 4.69) is 9.84 Å². The van der Waals surface area contributed by atoms with Gasteiger partial charge < -0.3 is 5.73 Å². The van der Waals surface area contributed by atoms with Gasteiger partial charge in [-0.3, -0.25) is 9.42 Å². The summed E-state index contributed by atoms with van der Waals surface area (Å²) in [5, 5.41) is 3.97. The number of anilines is 1. The third kappa shape index (κ3) is 3.99. The second-order valence-corrected chi connectivity index (χ2v) is 3.91. The van der Waals surface area contributed by atoms with Gasteiger partial charge in [-0.25, -0.2) is 0 Å². The van der Waals surface area contributed by atoms with Gasteiger partial charge in [-0.15, -0.1) is 13.2 Å². The van der Waals surface area contributed by atoms with E-state index >= 15 is 0 Å². The number of alkyl halides is 3. The number of benzene rings is 1. The first-order chi connectivity index (χ1) is 8.94. The van der Waals surface area contributed by atoms with Crippen LogP contribution in [0.4, 0.5) is 18.9 Å². The quantitative estimate of drug-likeness (QED) is 0.870. The van der Waals surface area contributed by atoms with Crippen molar-refractivity contribution in [3.63, 3.8) is 0 Å². The van der Waals surface area contributed by atoms with Crippen LogP contribution < -0.4 is 5.73 Å². The van der Waals surface area contributed by atoms with Crippen LogP contribution in [0.15, 0.2) is 36.7 Å². The lowest BCUT2D eigenvalue weighted by Gasteiger charge is -2.06. The highest BCUT2D eigenvalue weighted by Gasteiger charge is 2.28. The van der Waals surface area contributed by atoms with E-state index in [1.807, 2.05) is 12.1 Å². The fourth-order valence-corrected chi connectivity index (χ4v) is 1.57. The maximum Gasteiger partial charge on any atom is 0.522 e. The molecule has 0 atom stereocenters. The normalized spacial score (nSPS) is 11.7. The third-order valence-electron chi connectivity index (χ3n) is 2.46. The molecule has 0 spiro atoms. The molecule has 7 heteroatoms. The molecule has 0 aliphatic heterocycles. The maximum atomic E-state index is 11.8. The largest absolute Gasteiger partial charge is 0.522 e. The van der Waals surface area contributed by atoms with E-state index in [0.29, 0.717) is 5.69 Å². The van der Waals surface area contributed by atoms with E-state index in [-0.39, 0.29) is 6.54 Å². The molecule has 0 aliphatic carbocycles. The second kappa shape index (κ2) is 5.31. The highest BCUT2D eigenvalue weighted by molar-refractivity contribution is 5.63. The monoisotopic (exact) mass is 271 g/mol. The molecular weight excluding hydrogens is 259 g/mol. The smallest absolute Gasteiger partial charge is 0.399 e. The minimum absolute atomic E-state index is 0.0362. The molecule has 0 radical (unpaired) electrons. The highest BCUT2D eigenvalue weighted by atomic mass is 19.4. The van der Waals surface area contributed by atoms with Gasteiger partial charge in [0, 0.05) is 17.4 Å². The molecule has 1 aromatic carbocycles. The molecule has 4 nitrogen and oxygen atoms in total. The molecule has 1 heterocycles. The first-order valence-electron chi connectivity index (χ1n) is 5.53. The Hall–Kier alpha value is -2.02. The first-order valence-corrected chi connectivity index (χ1v) is 5.53. The Labute approximate surface area is 107 Å². The number of aromatic nitrogens is 2. The Kier molecular flexibility index (Phi) is 3.75. The van der Waals surface area contributed by atoms with Crippen molar-refractivity contribution in [1.82, 2.24) is 9.78 Å². The minimum Gasteiger partial charge on any atom is -0.399 e. The van der Waals surface area contributed by atoms with E-state index in [0.717, 1.165) is 11.1 Å². The van der Waals surface area contributed by atoms with Gasteiger partial charge in [-0.05, 0) is 17.7 Å². The van der Waals surface area contributed by atoms with E-state index in [4.69, 9.17) is 5.73 Å². The van der Waals surface area contributed by atoms with Crippen molar-refractivity contribution in [1.29, 1.82) is 0 Å². The van der Waals surface area contributed by atoms with E-state index in [9.17, 15) is 13.2 Å². The predicted octanol–water partition coefficient (Wildman–Crippen LogP) is 2.67. The van der Waals surface area contributed by atoms with Crippen LogP contribution in [0.2, 0.25) is 0 Å². The van der Waals surface area contributed by atoms with Crippen LogP contribution in [0.3, 0.4) is 0 Å². The zero-order valence-electron chi connectivity index (χ0n) is 9.89. The number of rotatable bonds is 4. The topological polar surface area (TPSA) is 53.1 Å². The Morgan fingerprint density at radius 2 is 1.84 bits per heavy atom. The molecule has 1 aromatic heterocycles. The molecule has 0 saturated carbocycles. The highest BCUT2D eigenvalue weighted by Crippen LogP contribution is 2.20. The Balaban J connectivity index is 1.97. The summed E-state index contributed by atoms with van der Waals surface area (Å²) in [6.07, 6.45) is -1.36. The summed E-state index contributed by atoms with van der Waals surface area (Å²) in [6, 6.07) is 7.14. The summed E-state index contributed by atoms with van der Waals surface area (Å²) in [6.45, 7) is -0.430. The average Bonchev–Trinajstić information content (AvgIpc) is 2.77. The SMILES string of the molecule is Nc1ccc(-c2cnn(CCOC(F)(F)F)c2)cc1. The Morgan fingerprint density at radius 1 is 1.16 bits per heavy atom. The molecule has 0 saturated heterocycles. The molecule has 102 valence electrons. The van der Waals surface area contributed by atoms with Crippen molar-refractivity contribution in [3.8, 4) is 11.1 Å². The van der Waals surface area contributed by atoms with E-state index in [1.54, 1.807) is 24.5 Å². The molecule has 0 amide bonds. The molecule has 0 aliphatic rings. The lowest BCUT2D eigenvalue weighted by Crippen LogP contribution is -2.17. The summed E-state index contributed by atoms with van der Waals surface area (Å²) in [7, 11) is 0. The van der Waals surface area contributed by atoms with E-state index in [1.165, 1.54) is 4.68 Å². The van der Waals surface area contributed by atoms with Crippen LogP contribution in [-0.2, 0) is 11.3 Å². The van der Waals surface area contributed by atoms with Crippen molar-refractivity contribution in [2.24, 2.45) is 0 Å². The van der Waals surface area contributed by atoms with Gasteiger partial charge in [0.15, 0.2) is 0 Å². The maximum absolute atomic E-state index is 11.8. The Bertz CT molecular complexity index is 534. The molecule has 2 aromatic rings. The fraction of sp³-hybridized carbons (Fsp3) is 0.250. The van der Waals surface area contributed by atoms with Crippen LogP contribution in [0.1, 0.15) is 0 Å². The lowest BCUT2D eigenvalue weighted by atomic mass is 10.1. The third-order valence-corrected chi connectivity index (χ3v) is 2.46. The van der Waals surface area contributed by atoms with Crippen LogP contribution in [-0.4, -0.2) is 22.7 Å². The average molecular weight is 271 g/mol. The molecule has 19 heavy (non-hydrogen) atoms. The number of nitrogens with two attached hydrogens (primary N) is 1. The minimum atomic E-state index is -4.60. The summed E-state index contributed by atoms with van der Waals surface area (Å²) in [5.41, 5.74) is 7.93. The van der Waals surface area contributed by atoms with Gasteiger partial charge in [0.05, 0.1) is 19.3 Å². The zero-order chi connectivity index (χ0) is 13.9. The molecule has 0 fully saturated rings. The van der Waals surface area contributed by atoms with Gasteiger partial charge in [-0.2, -0.15) is 5.10 Å². The number of hydrogen-bond acceptors (Lipinski definition) is 3. The lowest BCUT2D eigenvalue weighted by molar-refractivity contribution is -0.325. The first kappa shape index (κ1) is 13.4. The van der Waals surface area contributed by atoms with E-state index < -0.39 is 13.0 Å². The molecule has 0 bridgehead atoms. The predicted molar refractivity (Wildman–Crippen MR) is 64.1 cm³/mol. The number of nitrogens with zero attached hydrogens (tertiary/aromatic N) is 2. The van der Waals surface area contributed by atoms with Crippen LogP contribution in [0.5, 0.6) is 0 Å². The van der Waals surface area contributed by atoms with Crippen LogP contribution in [0.25, 0.3) is 11.1 Å². The molecule has 0 unspecified atom stereocenters. The number of ether oxygens (including phenoxy) is 1. The standard InChI is InChI=1S/C12H12F3N3O/c13-12(14,15)19-6-5-18-8-10(7-17-18)9-1-3-11(16)4-2-9/h1-4,7-8H,5-6,16H2. The number of halogens is 3. The van der Waals surface area contributed by atoms with Crippen molar-refractivity contribution < 1.29 is 17.9 Å². The van der Waals surface area contributed by atoms with Gasteiger partial charge >= 0.3 is 6.36 Å². The number of nitrogen functional groups attached to an aromatic ring is 1. The van der Waals surface area contributed by atoms with Crippen molar-refractivity contribution >= 4 is 5.69 Å². The van der Waals surface area contributed by atoms with Crippen LogP contribution in [0, 0.1) is 0 Å². The fourth-order valence-electron chi connectivity index (χ4n) is 1.57. The molecule has 2 N–H and O–H groups in total. The van der Waals surface area contributed by atoms with Gasteiger partial charge in [0.25, 0.3) is 0 Å². The number of hydrogen-bond donors (Lipinski definition) is 1. The van der Waals surface area contributed by atoms with Gasteiger partial charge in [0.2, 0.25) is 0 Å². The van der Waals surface area contributed by atoms with Crippen molar-refractivity contribution in [3.05, 3.63) is 36.7 Å². The van der Waals surface area contributed by atoms with Crippen LogP contribution >= 0.6 is 0 Å². The molecular formula is C12H12F3N3O. The Morgan fingerprint density at radius 3 is 2.47 bits per heavy atom. The second-order valence-electron chi connectivity index (χ2n) is 3.91. The van der Waals surface area contributed by atoms with Gasteiger partial charge in [-0.1, -0.05) is 12.1 Å². The van der Waals surface area contributed by atoms with Crippen molar-refractivity contribution in [2.45, 2.75) is 12.9 Å². The summed E-state index contributed by atoms with van der Waals surface area (Å²) >= 11 is 0. The summed E-state index contributed by atoms with van der Waals surface area (Å²) < 4.78 is 40.5. The summed E-state index contributed by atoms with van der Waals surface area (Å²) in [4.78, 5) is 0. The zero-order valence-corrected chi connectivity index (χ0v) is 9.89. The molecule has 2 rings (SSSR count). The summed E-state index contributed by atoms with van der Waals surface area (Å²) in [5.74, 6) is 0. The van der Waals surface area contributed by atoms with Crippen molar-refractivity contribution in [2.75, 3.05) is 12.3 Å². The van der Waals surface area contributed by atoms with Gasteiger partial charge in [0.1, 0.15) is 0 Å².